The largest absolute Gasteiger partial charge is 0.365 e. The zero-order valence-electron chi connectivity index (χ0n) is 15.8. The van der Waals surface area contributed by atoms with Gasteiger partial charge in [-0.05, 0) is 65.9 Å². The summed E-state index contributed by atoms with van der Waals surface area (Å²) in [6.07, 6.45) is 0.813. The molecule has 1 fully saturated rings. The summed E-state index contributed by atoms with van der Waals surface area (Å²) in [5, 5.41) is 6.61. The van der Waals surface area contributed by atoms with E-state index in [1.807, 2.05) is 24.3 Å². The Morgan fingerprint density at radius 1 is 0.774 bits per heavy atom. The lowest BCUT2D eigenvalue weighted by molar-refractivity contribution is 0.0515. The Hall–Kier alpha value is -1.75. The quantitative estimate of drug-likeness (QED) is 0.195. The summed E-state index contributed by atoms with van der Waals surface area (Å²) in [4.78, 5) is 17.8. The first kappa shape index (κ1) is 22.4. The van der Waals surface area contributed by atoms with Crippen molar-refractivity contribution >= 4 is 69.7 Å². The first-order valence-corrected chi connectivity index (χ1v) is 11.2. The van der Waals surface area contributed by atoms with E-state index >= 15 is 0 Å². The van der Waals surface area contributed by atoms with Gasteiger partial charge in [0.1, 0.15) is 0 Å². The predicted octanol–water partition coefficient (Wildman–Crippen LogP) is 8.32. The molecule has 31 heavy (non-hydrogen) atoms. The van der Waals surface area contributed by atoms with E-state index < -0.39 is 5.97 Å². The average Bonchev–Trinajstić information content (AvgIpc) is 3.51. The van der Waals surface area contributed by atoms with Gasteiger partial charge in [-0.2, -0.15) is 0 Å². The number of nitrogens with zero attached hydrogens (tertiary/aromatic N) is 1. The van der Waals surface area contributed by atoms with E-state index in [2.05, 4.69) is 5.16 Å². The molecule has 0 radical (unpaired) electrons. The van der Waals surface area contributed by atoms with Gasteiger partial charge in [-0.15, -0.1) is 0 Å². The Kier molecular flexibility index (Phi) is 6.80. The van der Waals surface area contributed by atoms with Crippen LogP contribution in [0.3, 0.4) is 0 Å². The molecule has 2 atom stereocenters. The smallest absolute Gasteiger partial charge is 0.313 e. The third kappa shape index (κ3) is 5.19. The highest BCUT2D eigenvalue weighted by Gasteiger charge is 2.44. The fourth-order valence-corrected chi connectivity index (χ4v) is 4.34. The lowest BCUT2D eigenvalue weighted by Crippen LogP contribution is -2.09. The van der Waals surface area contributed by atoms with Gasteiger partial charge in [0.05, 0.1) is 21.3 Å². The van der Waals surface area contributed by atoms with Gasteiger partial charge in [0.15, 0.2) is 0 Å². The average molecular weight is 514 g/mol. The molecule has 0 unspecified atom stereocenters. The van der Waals surface area contributed by atoms with Crippen LogP contribution in [-0.2, 0) is 4.84 Å². The lowest BCUT2D eigenvalue weighted by Gasteiger charge is -2.08. The molecule has 1 aliphatic carbocycles. The molecule has 0 heterocycles. The van der Waals surface area contributed by atoms with Crippen molar-refractivity contribution in [3.8, 4) is 0 Å². The molecule has 3 aromatic rings. The monoisotopic (exact) mass is 511 g/mol. The molecule has 0 amide bonds. The number of benzene rings is 3. The molecule has 0 aromatic heterocycles. The maximum Gasteiger partial charge on any atom is 0.365 e. The molecule has 3 aromatic carbocycles. The lowest BCUT2D eigenvalue weighted by atomic mass is 10.0. The third-order valence-corrected chi connectivity index (χ3v) is 6.58. The minimum absolute atomic E-state index is 0.0291. The molecular formula is C23H14Cl5NO2. The van der Waals surface area contributed by atoms with Crippen LogP contribution in [0.1, 0.15) is 33.8 Å². The van der Waals surface area contributed by atoms with Crippen molar-refractivity contribution in [2.24, 2.45) is 11.1 Å². The van der Waals surface area contributed by atoms with E-state index in [0.717, 1.165) is 17.5 Å². The number of hydrogen-bond donors (Lipinski definition) is 0. The molecule has 0 aliphatic heterocycles. The van der Waals surface area contributed by atoms with Crippen LogP contribution in [0.25, 0.3) is 0 Å². The van der Waals surface area contributed by atoms with Crippen LogP contribution < -0.4 is 0 Å². The van der Waals surface area contributed by atoms with Crippen LogP contribution in [0, 0.1) is 5.92 Å². The van der Waals surface area contributed by atoms with Crippen LogP contribution >= 0.6 is 58.0 Å². The van der Waals surface area contributed by atoms with E-state index in [0.29, 0.717) is 25.8 Å². The topological polar surface area (TPSA) is 38.7 Å². The van der Waals surface area contributed by atoms with Crippen molar-refractivity contribution in [3.63, 3.8) is 0 Å². The van der Waals surface area contributed by atoms with Gasteiger partial charge in [0.2, 0.25) is 0 Å². The molecule has 8 heteroatoms. The Bertz CT molecular complexity index is 1180. The van der Waals surface area contributed by atoms with Crippen molar-refractivity contribution in [3.05, 3.63) is 102 Å². The highest BCUT2D eigenvalue weighted by molar-refractivity contribution is 6.42. The Morgan fingerprint density at radius 3 is 2.13 bits per heavy atom. The molecule has 1 aliphatic rings. The van der Waals surface area contributed by atoms with Crippen molar-refractivity contribution in [2.45, 2.75) is 12.3 Å². The molecule has 0 bridgehead atoms. The van der Waals surface area contributed by atoms with Gasteiger partial charge < -0.3 is 4.84 Å². The van der Waals surface area contributed by atoms with Crippen molar-refractivity contribution in [1.82, 2.24) is 0 Å². The van der Waals surface area contributed by atoms with E-state index in [9.17, 15) is 4.79 Å². The number of halogens is 5. The summed E-state index contributed by atoms with van der Waals surface area (Å²) < 4.78 is 0. The highest BCUT2D eigenvalue weighted by Crippen LogP contribution is 2.51. The number of carbonyl (C=O) groups is 1. The van der Waals surface area contributed by atoms with Crippen molar-refractivity contribution in [2.75, 3.05) is 0 Å². The first-order valence-electron chi connectivity index (χ1n) is 9.28. The van der Waals surface area contributed by atoms with Crippen LogP contribution in [-0.4, -0.2) is 11.7 Å². The normalized spacial score (nSPS) is 18.0. The Morgan fingerprint density at radius 2 is 1.45 bits per heavy atom. The van der Waals surface area contributed by atoms with Gasteiger partial charge in [0.25, 0.3) is 0 Å². The van der Waals surface area contributed by atoms with Gasteiger partial charge in [-0.3, -0.25) is 0 Å². The van der Waals surface area contributed by atoms with E-state index in [4.69, 9.17) is 62.8 Å². The zero-order chi connectivity index (χ0) is 22.1. The minimum atomic E-state index is -0.633. The number of oxime groups is 1. The molecule has 4 rings (SSSR count). The first-order chi connectivity index (χ1) is 14.8. The van der Waals surface area contributed by atoms with Crippen molar-refractivity contribution < 1.29 is 9.63 Å². The Labute approximate surface area is 204 Å². The summed E-state index contributed by atoms with van der Waals surface area (Å²) in [7, 11) is 0. The molecule has 158 valence electrons. The molecule has 0 N–H and O–H groups in total. The van der Waals surface area contributed by atoms with Gasteiger partial charge in [-0.1, -0.05) is 81.4 Å². The van der Waals surface area contributed by atoms with Crippen LogP contribution in [0.2, 0.25) is 25.1 Å². The fourth-order valence-electron chi connectivity index (χ4n) is 3.36. The zero-order valence-corrected chi connectivity index (χ0v) is 19.6. The van der Waals surface area contributed by atoms with E-state index in [1.54, 1.807) is 18.2 Å². The summed E-state index contributed by atoms with van der Waals surface area (Å²) in [5.74, 6) is -0.462. The predicted molar refractivity (Wildman–Crippen MR) is 127 cm³/mol. The van der Waals surface area contributed by atoms with E-state index in [1.165, 1.54) is 18.2 Å². The standard InChI is InChI=1S/C23H14Cl5NO2/c24-14-4-1-12(2-5-14)22(18-11-17(18)16-7-6-15(25)10-20(16)27)29-31-23(30)13-3-8-19(26)21(28)9-13/h1-10,17-18H,11H2/b29-22-/t17-,18-/m0/s1. The number of rotatable bonds is 5. The summed E-state index contributed by atoms with van der Waals surface area (Å²) in [6.45, 7) is 0. The maximum atomic E-state index is 12.5. The maximum absolute atomic E-state index is 12.5. The third-order valence-electron chi connectivity index (χ3n) is 5.03. The van der Waals surface area contributed by atoms with Gasteiger partial charge in [0, 0.05) is 21.0 Å². The molecule has 0 saturated heterocycles. The van der Waals surface area contributed by atoms with Gasteiger partial charge >= 0.3 is 5.97 Å². The van der Waals surface area contributed by atoms with Crippen LogP contribution in [0.15, 0.2) is 65.8 Å². The SMILES string of the molecule is O=C(O/N=C(/c1ccc(Cl)cc1)[C@H]1C[C@H]1c1ccc(Cl)cc1Cl)c1ccc(Cl)c(Cl)c1. The van der Waals surface area contributed by atoms with Crippen molar-refractivity contribution in [1.29, 1.82) is 0 Å². The summed E-state index contributed by atoms with van der Waals surface area (Å²) in [6, 6.07) is 17.2. The molecular weight excluding hydrogens is 500 g/mol. The van der Waals surface area contributed by atoms with Crippen LogP contribution in [0.5, 0.6) is 0 Å². The fraction of sp³-hybridized carbons (Fsp3) is 0.130. The second-order valence-electron chi connectivity index (χ2n) is 7.11. The minimum Gasteiger partial charge on any atom is -0.313 e. The second kappa shape index (κ2) is 9.40. The van der Waals surface area contributed by atoms with Crippen LogP contribution in [0.4, 0.5) is 0 Å². The summed E-state index contributed by atoms with van der Waals surface area (Å²) >= 11 is 30.3. The molecule has 1 saturated carbocycles. The Balaban J connectivity index is 1.61. The molecule has 0 spiro atoms. The van der Waals surface area contributed by atoms with E-state index in [-0.39, 0.29) is 22.4 Å². The summed E-state index contributed by atoms with van der Waals surface area (Å²) in [5.41, 5.74) is 2.68. The number of carbonyl (C=O) groups excluding carboxylic acids is 1. The second-order valence-corrected chi connectivity index (χ2v) is 9.20. The molecule has 3 nitrogen and oxygen atoms in total. The number of hydrogen-bond acceptors (Lipinski definition) is 3. The highest BCUT2D eigenvalue weighted by atomic mass is 35.5. The van der Waals surface area contributed by atoms with Gasteiger partial charge in [-0.25, -0.2) is 4.79 Å².